The van der Waals surface area contributed by atoms with Crippen LogP contribution in [0.2, 0.25) is 0 Å². The molecule has 0 bridgehead atoms. The Kier molecular flexibility index (Phi) is 5.15. The molecule has 6 heteroatoms. The van der Waals surface area contributed by atoms with Crippen molar-refractivity contribution >= 4 is 11.8 Å². The minimum absolute atomic E-state index is 0.0697. The van der Waals surface area contributed by atoms with E-state index in [1.165, 1.54) is 18.6 Å². The second kappa shape index (κ2) is 7.68. The summed E-state index contributed by atoms with van der Waals surface area (Å²) in [6, 6.07) is 9.82. The smallest absolute Gasteiger partial charge is 0.271 e. The first kappa shape index (κ1) is 16.1. The van der Waals surface area contributed by atoms with Crippen molar-refractivity contribution in [2.75, 3.05) is 13.1 Å². The lowest BCUT2D eigenvalue weighted by molar-refractivity contribution is -0.131. The molecule has 0 unspecified atom stereocenters. The van der Waals surface area contributed by atoms with E-state index in [0.29, 0.717) is 25.2 Å². The fraction of sp³-hybridized carbons (Fsp3) is 0.333. The normalized spacial score (nSPS) is 15.1. The molecule has 0 saturated carbocycles. The van der Waals surface area contributed by atoms with Gasteiger partial charge in [0, 0.05) is 31.5 Å². The highest BCUT2D eigenvalue weighted by Crippen LogP contribution is 2.13. The van der Waals surface area contributed by atoms with E-state index in [0.717, 1.165) is 18.4 Å². The monoisotopic (exact) mass is 324 g/mol. The molecular weight excluding hydrogens is 304 g/mol. The summed E-state index contributed by atoms with van der Waals surface area (Å²) in [4.78, 5) is 34.2. The van der Waals surface area contributed by atoms with Gasteiger partial charge in [-0.15, -0.1) is 0 Å². The molecule has 1 aliphatic rings. The van der Waals surface area contributed by atoms with Crippen molar-refractivity contribution < 1.29 is 9.59 Å². The van der Waals surface area contributed by atoms with E-state index in [1.54, 1.807) is 0 Å². The molecule has 2 aromatic rings. The summed E-state index contributed by atoms with van der Waals surface area (Å²) in [5.41, 5.74) is 1.35. The number of likely N-dealkylation sites (tertiary alicyclic amines) is 1. The van der Waals surface area contributed by atoms with Gasteiger partial charge >= 0.3 is 0 Å². The first-order valence-corrected chi connectivity index (χ1v) is 8.11. The maximum absolute atomic E-state index is 12.3. The lowest BCUT2D eigenvalue weighted by Crippen LogP contribution is -2.47. The number of hydrogen-bond acceptors (Lipinski definition) is 4. The number of rotatable bonds is 4. The van der Waals surface area contributed by atoms with Crippen LogP contribution in [0.3, 0.4) is 0 Å². The van der Waals surface area contributed by atoms with Gasteiger partial charge < -0.3 is 10.2 Å². The lowest BCUT2D eigenvalue weighted by Gasteiger charge is -2.32. The van der Waals surface area contributed by atoms with E-state index in [4.69, 9.17) is 0 Å². The molecular formula is C18H20N4O2. The van der Waals surface area contributed by atoms with Crippen LogP contribution in [0.25, 0.3) is 0 Å². The quantitative estimate of drug-likeness (QED) is 0.923. The molecule has 1 N–H and O–H groups in total. The molecule has 1 saturated heterocycles. The predicted molar refractivity (Wildman–Crippen MR) is 89.2 cm³/mol. The molecule has 2 heterocycles. The van der Waals surface area contributed by atoms with Gasteiger partial charge in [0.2, 0.25) is 5.91 Å². The highest BCUT2D eigenvalue weighted by molar-refractivity contribution is 5.92. The summed E-state index contributed by atoms with van der Waals surface area (Å²) in [7, 11) is 0. The second-order valence-corrected chi connectivity index (χ2v) is 5.88. The molecule has 1 aromatic heterocycles. The summed E-state index contributed by atoms with van der Waals surface area (Å²) >= 11 is 0. The Morgan fingerprint density at radius 1 is 1.12 bits per heavy atom. The zero-order valence-corrected chi connectivity index (χ0v) is 13.4. The Labute approximate surface area is 140 Å². The van der Waals surface area contributed by atoms with Crippen molar-refractivity contribution in [1.29, 1.82) is 0 Å². The van der Waals surface area contributed by atoms with Crippen molar-refractivity contribution in [2.24, 2.45) is 0 Å². The van der Waals surface area contributed by atoms with Gasteiger partial charge in [-0.1, -0.05) is 30.3 Å². The summed E-state index contributed by atoms with van der Waals surface area (Å²) in [6.07, 6.45) is 6.43. The number of carbonyl (C=O) groups excluding carboxylic acids is 2. The summed E-state index contributed by atoms with van der Waals surface area (Å²) in [5.74, 6) is -0.0722. The number of nitrogens with one attached hydrogen (secondary N) is 1. The van der Waals surface area contributed by atoms with Gasteiger partial charge in [0.1, 0.15) is 5.69 Å². The van der Waals surface area contributed by atoms with Gasteiger partial charge in [-0.25, -0.2) is 4.98 Å². The average molecular weight is 324 g/mol. The molecule has 6 nitrogen and oxygen atoms in total. The van der Waals surface area contributed by atoms with Gasteiger partial charge in [-0.2, -0.15) is 0 Å². The van der Waals surface area contributed by atoms with Crippen molar-refractivity contribution in [3.05, 3.63) is 60.2 Å². The number of carbonyl (C=O) groups is 2. The molecule has 1 fully saturated rings. The Bertz CT molecular complexity index is 683. The minimum atomic E-state index is -0.211. The molecule has 0 spiro atoms. The molecule has 3 rings (SSSR count). The standard InChI is InChI=1S/C18H20N4O2/c23-17(12-14-4-2-1-3-5-14)22-10-6-15(7-11-22)21-18(24)16-13-19-8-9-20-16/h1-5,8-9,13,15H,6-7,10-12H2,(H,21,24). The molecule has 0 atom stereocenters. The van der Waals surface area contributed by atoms with Crippen molar-refractivity contribution in [3.8, 4) is 0 Å². The van der Waals surface area contributed by atoms with Crippen LogP contribution in [-0.2, 0) is 11.2 Å². The van der Waals surface area contributed by atoms with Crippen LogP contribution in [0.1, 0.15) is 28.9 Å². The minimum Gasteiger partial charge on any atom is -0.348 e. The van der Waals surface area contributed by atoms with Gasteiger partial charge in [0.15, 0.2) is 0 Å². The van der Waals surface area contributed by atoms with Crippen LogP contribution in [0, 0.1) is 0 Å². The van der Waals surface area contributed by atoms with Gasteiger partial charge in [0.25, 0.3) is 5.91 Å². The Morgan fingerprint density at radius 2 is 1.88 bits per heavy atom. The Balaban J connectivity index is 1.47. The first-order valence-electron chi connectivity index (χ1n) is 8.11. The largest absolute Gasteiger partial charge is 0.348 e. The predicted octanol–water partition coefficient (Wildman–Crippen LogP) is 1.44. The van der Waals surface area contributed by atoms with Gasteiger partial charge in [-0.05, 0) is 18.4 Å². The van der Waals surface area contributed by atoms with E-state index in [-0.39, 0.29) is 17.9 Å². The summed E-state index contributed by atoms with van der Waals surface area (Å²) in [6.45, 7) is 1.33. The molecule has 2 amide bonds. The maximum Gasteiger partial charge on any atom is 0.271 e. The number of nitrogens with zero attached hydrogens (tertiary/aromatic N) is 3. The van der Waals surface area contributed by atoms with Crippen LogP contribution < -0.4 is 5.32 Å². The molecule has 1 aliphatic heterocycles. The van der Waals surface area contributed by atoms with Gasteiger partial charge in [-0.3, -0.25) is 14.6 Å². The van der Waals surface area contributed by atoms with E-state index in [1.807, 2.05) is 35.2 Å². The fourth-order valence-electron chi connectivity index (χ4n) is 2.83. The molecule has 0 radical (unpaired) electrons. The Hall–Kier alpha value is -2.76. The van der Waals surface area contributed by atoms with Crippen molar-refractivity contribution in [3.63, 3.8) is 0 Å². The third-order valence-corrected chi connectivity index (χ3v) is 4.18. The average Bonchev–Trinajstić information content (AvgIpc) is 2.64. The summed E-state index contributed by atoms with van der Waals surface area (Å²) in [5, 5.41) is 2.96. The van der Waals surface area contributed by atoms with Crippen LogP contribution in [0.4, 0.5) is 0 Å². The highest BCUT2D eigenvalue weighted by atomic mass is 16.2. The van der Waals surface area contributed by atoms with E-state index in [9.17, 15) is 9.59 Å². The zero-order chi connectivity index (χ0) is 16.8. The lowest BCUT2D eigenvalue weighted by atomic mass is 10.0. The number of amides is 2. The fourth-order valence-corrected chi connectivity index (χ4v) is 2.83. The number of piperidine rings is 1. The van der Waals surface area contributed by atoms with E-state index < -0.39 is 0 Å². The SMILES string of the molecule is O=C(NC1CCN(C(=O)Cc2ccccc2)CC1)c1cnccn1. The second-order valence-electron chi connectivity index (χ2n) is 5.88. The van der Waals surface area contributed by atoms with Crippen LogP contribution in [0.15, 0.2) is 48.9 Å². The van der Waals surface area contributed by atoms with Crippen LogP contribution in [-0.4, -0.2) is 45.8 Å². The molecule has 124 valence electrons. The third-order valence-electron chi connectivity index (χ3n) is 4.18. The molecule has 1 aromatic carbocycles. The Morgan fingerprint density at radius 3 is 2.54 bits per heavy atom. The summed E-state index contributed by atoms with van der Waals surface area (Å²) < 4.78 is 0. The topological polar surface area (TPSA) is 75.2 Å². The number of aromatic nitrogens is 2. The number of hydrogen-bond donors (Lipinski definition) is 1. The van der Waals surface area contributed by atoms with Crippen LogP contribution in [0.5, 0.6) is 0 Å². The molecule has 24 heavy (non-hydrogen) atoms. The van der Waals surface area contributed by atoms with E-state index >= 15 is 0 Å². The zero-order valence-electron chi connectivity index (χ0n) is 13.4. The number of benzene rings is 1. The first-order chi connectivity index (χ1) is 11.7. The van der Waals surface area contributed by atoms with Crippen LogP contribution >= 0.6 is 0 Å². The highest BCUT2D eigenvalue weighted by Gasteiger charge is 2.24. The van der Waals surface area contributed by atoms with Gasteiger partial charge in [0.05, 0.1) is 12.6 Å². The van der Waals surface area contributed by atoms with Crippen molar-refractivity contribution in [1.82, 2.24) is 20.2 Å². The maximum atomic E-state index is 12.3. The third kappa shape index (κ3) is 4.16. The molecule has 0 aliphatic carbocycles. The van der Waals surface area contributed by atoms with Crippen molar-refractivity contribution in [2.45, 2.75) is 25.3 Å². The van der Waals surface area contributed by atoms with E-state index in [2.05, 4.69) is 15.3 Å².